The molecule has 0 unspecified atom stereocenters. The second-order valence-corrected chi connectivity index (χ2v) is 8.00. The van der Waals surface area contributed by atoms with Crippen LogP contribution < -0.4 is 5.32 Å². The molecule has 2 heterocycles. The Morgan fingerprint density at radius 3 is 2.12 bits per heavy atom. The standard InChI is InChI=1S/C15H18F3N3O3S/c16-15(17,18)11-1-3-12(4-2-11)25(23,24)21-9-7-20(8-10-21)13-5-6-19-14(13)22/h1-4,13H,5-10H2,(H,19,22)/t13-/m1/s1. The number of carbonyl (C=O) groups excluding carboxylic acids is 1. The molecule has 0 saturated carbocycles. The van der Waals surface area contributed by atoms with E-state index in [4.69, 9.17) is 0 Å². The number of amides is 1. The molecule has 1 amide bonds. The molecule has 1 aromatic carbocycles. The van der Waals surface area contributed by atoms with E-state index in [1.54, 1.807) is 0 Å². The zero-order valence-corrected chi connectivity index (χ0v) is 14.1. The lowest BCUT2D eigenvalue weighted by Crippen LogP contribution is -2.53. The highest BCUT2D eigenvalue weighted by atomic mass is 32.2. The largest absolute Gasteiger partial charge is 0.416 e. The third kappa shape index (κ3) is 3.65. The van der Waals surface area contributed by atoms with Gasteiger partial charge in [-0.25, -0.2) is 8.42 Å². The zero-order valence-electron chi connectivity index (χ0n) is 13.3. The van der Waals surface area contributed by atoms with Crippen LogP contribution in [0.5, 0.6) is 0 Å². The van der Waals surface area contributed by atoms with E-state index < -0.39 is 21.8 Å². The summed E-state index contributed by atoms with van der Waals surface area (Å²) in [5, 5.41) is 2.75. The highest BCUT2D eigenvalue weighted by Gasteiger charge is 2.36. The molecule has 0 spiro atoms. The van der Waals surface area contributed by atoms with Gasteiger partial charge >= 0.3 is 6.18 Å². The summed E-state index contributed by atoms with van der Waals surface area (Å²) in [7, 11) is -3.85. The number of hydrogen-bond acceptors (Lipinski definition) is 4. The smallest absolute Gasteiger partial charge is 0.355 e. The monoisotopic (exact) mass is 377 g/mol. The average molecular weight is 377 g/mol. The summed E-state index contributed by atoms with van der Waals surface area (Å²) in [6.07, 6.45) is -3.81. The first kappa shape index (κ1) is 18.2. The van der Waals surface area contributed by atoms with E-state index in [0.717, 1.165) is 24.3 Å². The quantitative estimate of drug-likeness (QED) is 0.850. The Morgan fingerprint density at radius 1 is 1.04 bits per heavy atom. The van der Waals surface area contributed by atoms with E-state index >= 15 is 0 Å². The highest BCUT2D eigenvalue weighted by molar-refractivity contribution is 7.89. The van der Waals surface area contributed by atoms with Gasteiger partial charge in [0.25, 0.3) is 0 Å². The molecule has 2 aliphatic heterocycles. The summed E-state index contributed by atoms with van der Waals surface area (Å²) >= 11 is 0. The van der Waals surface area contributed by atoms with Crippen LogP contribution >= 0.6 is 0 Å². The third-order valence-electron chi connectivity index (χ3n) is 4.55. The van der Waals surface area contributed by atoms with E-state index in [0.29, 0.717) is 26.1 Å². The molecule has 3 rings (SSSR count). The van der Waals surface area contributed by atoms with E-state index in [1.807, 2.05) is 4.90 Å². The molecule has 0 radical (unpaired) electrons. The summed E-state index contributed by atoms with van der Waals surface area (Å²) in [4.78, 5) is 13.5. The highest BCUT2D eigenvalue weighted by Crippen LogP contribution is 2.30. The molecule has 25 heavy (non-hydrogen) atoms. The van der Waals surface area contributed by atoms with Crippen molar-refractivity contribution in [2.45, 2.75) is 23.5 Å². The molecule has 0 aliphatic carbocycles. The zero-order chi connectivity index (χ0) is 18.2. The van der Waals surface area contributed by atoms with Crippen LogP contribution in [0.2, 0.25) is 0 Å². The van der Waals surface area contributed by atoms with Crippen molar-refractivity contribution in [1.29, 1.82) is 0 Å². The van der Waals surface area contributed by atoms with E-state index in [2.05, 4.69) is 5.32 Å². The number of hydrogen-bond donors (Lipinski definition) is 1. The van der Waals surface area contributed by atoms with E-state index in [9.17, 15) is 26.4 Å². The lowest BCUT2D eigenvalue weighted by atomic mass is 10.2. The van der Waals surface area contributed by atoms with Crippen molar-refractivity contribution in [3.8, 4) is 0 Å². The van der Waals surface area contributed by atoms with Gasteiger partial charge in [-0.15, -0.1) is 0 Å². The number of sulfonamides is 1. The van der Waals surface area contributed by atoms with Gasteiger partial charge in [0.1, 0.15) is 0 Å². The molecule has 0 bridgehead atoms. The number of nitrogens with zero attached hydrogens (tertiary/aromatic N) is 2. The van der Waals surface area contributed by atoms with Crippen LogP contribution in [-0.4, -0.2) is 62.3 Å². The number of halogens is 3. The minimum absolute atomic E-state index is 0.0425. The lowest BCUT2D eigenvalue weighted by Gasteiger charge is -2.36. The van der Waals surface area contributed by atoms with Gasteiger partial charge < -0.3 is 5.32 Å². The van der Waals surface area contributed by atoms with Crippen LogP contribution in [0.25, 0.3) is 0 Å². The normalized spacial score (nSPS) is 23.6. The summed E-state index contributed by atoms with van der Waals surface area (Å²) in [6.45, 7) is 1.85. The van der Waals surface area contributed by atoms with Gasteiger partial charge in [0, 0.05) is 32.7 Å². The van der Waals surface area contributed by atoms with Gasteiger partial charge in [-0.05, 0) is 30.7 Å². The lowest BCUT2D eigenvalue weighted by molar-refractivity contribution is -0.137. The fourth-order valence-electron chi connectivity index (χ4n) is 3.15. The van der Waals surface area contributed by atoms with Gasteiger partial charge in [0.05, 0.1) is 16.5 Å². The van der Waals surface area contributed by atoms with Crippen molar-refractivity contribution in [2.24, 2.45) is 0 Å². The fourth-order valence-corrected chi connectivity index (χ4v) is 4.57. The first-order chi connectivity index (χ1) is 11.7. The van der Waals surface area contributed by atoms with Crippen LogP contribution in [-0.2, 0) is 21.0 Å². The second kappa shape index (κ2) is 6.58. The first-order valence-corrected chi connectivity index (χ1v) is 9.33. The van der Waals surface area contributed by atoms with Crippen molar-refractivity contribution in [1.82, 2.24) is 14.5 Å². The van der Waals surface area contributed by atoms with Gasteiger partial charge in [0.2, 0.25) is 15.9 Å². The number of nitrogens with one attached hydrogen (secondary N) is 1. The number of rotatable bonds is 3. The summed E-state index contributed by atoms with van der Waals surface area (Å²) in [5.74, 6) is -0.0425. The predicted octanol–water partition coefficient (Wildman–Crippen LogP) is 0.900. The van der Waals surface area contributed by atoms with Crippen molar-refractivity contribution in [2.75, 3.05) is 32.7 Å². The van der Waals surface area contributed by atoms with Crippen LogP contribution in [0.15, 0.2) is 29.2 Å². The molecule has 1 aromatic rings. The number of carbonyl (C=O) groups is 1. The Bertz CT molecular complexity index is 742. The Morgan fingerprint density at radius 2 is 1.64 bits per heavy atom. The van der Waals surface area contributed by atoms with Crippen LogP contribution in [0.1, 0.15) is 12.0 Å². The van der Waals surface area contributed by atoms with E-state index in [-0.39, 0.29) is 29.9 Å². The molecule has 1 N–H and O–H groups in total. The summed E-state index contributed by atoms with van der Waals surface area (Å²) in [5.41, 5.74) is -0.886. The van der Waals surface area contributed by atoms with Crippen molar-refractivity contribution in [3.05, 3.63) is 29.8 Å². The molecule has 1 atom stereocenters. The third-order valence-corrected chi connectivity index (χ3v) is 6.47. The molecule has 10 heteroatoms. The number of benzene rings is 1. The Labute approximate surface area is 143 Å². The maximum absolute atomic E-state index is 12.6. The Kier molecular flexibility index (Phi) is 4.78. The maximum Gasteiger partial charge on any atom is 0.416 e. The van der Waals surface area contributed by atoms with Crippen LogP contribution in [0.4, 0.5) is 13.2 Å². The summed E-state index contributed by atoms with van der Waals surface area (Å²) < 4.78 is 64.2. The molecular formula is C15H18F3N3O3S. The average Bonchev–Trinajstić information content (AvgIpc) is 3.00. The van der Waals surface area contributed by atoms with E-state index in [1.165, 1.54) is 4.31 Å². The molecule has 2 saturated heterocycles. The Balaban J connectivity index is 1.68. The second-order valence-electron chi connectivity index (χ2n) is 6.06. The molecule has 138 valence electrons. The minimum Gasteiger partial charge on any atom is -0.355 e. The summed E-state index contributed by atoms with van der Waals surface area (Å²) in [6, 6.07) is 3.28. The molecule has 0 aromatic heterocycles. The van der Waals surface area contributed by atoms with Gasteiger partial charge in [0.15, 0.2) is 0 Å². The topological polar surface area (TPSA) is 69.7 Å². The van der Waals surface area contributed by atoms with Crippen molar-refractivity contribution in [3.63, 3.8) is 0 Å². The van der Waals surface area contributed by atoms with Gasteiger partial charge in [-0.3, -0.25) is 9.69 Å². The number of alkyl halides is 3. The van der Waals surface area contributed by atoms with Gasteiger partial charge in [-0.2, -0.15) is 17.5 Å². The fraction of sp³-hybridized carbons (Fsp3) is 0.533. The molecular weight excluding hydrogens is 359 g/mol. The Hall–Kier alpha value is -1.65. The molecule has 2 fully saturated rings. The SMILES string of the molecule is O=C1NCC[C@H]1N1CCN(S(=O)(=O)c2ccc(C(F)(F)F)cc2)CC1. The van der Waals surface area contributed by atoms with Crippen molar-refractivity contribution < 1.29 is 26.4 Å². The maximum atomic E-state index is 12.6. The van der Waals surface area contributed by atoms with Crippen molar-refractivity contribution >= 4 is 15.9 Å². The molecule has 2 aliphatic rings. The predicted molar refractivity (Wildman–Crippen MR) is 83.2 cm³/mol. The number of piperazine rings is 1. The minimum atomic E-state index is -4.50. The van der Waals surface area contributed by atoms with Crippen LogP contribution in [0.3, 0.4) is 0 Å². The molecule has 6 nitrogen and oxygen atoms in total. The first-order valence-electron chi connectivity index (χ1n) is 7.89. The van der Waals surface area contributed by atoms with Gasteiger partial charge in [-0.1, -0.05) is 0 Å². The van der Waals surface area contributed by atoms with Crippen LogP contribution in [0, 0.1) is 0 Å².